The minimum atomic E-state index is -0.120. The third-order valence-electron chi connectivity index (χ3n) is 1.90. The van der Waals surface area contributed by atoms with Gasteiger partial charge in [-0.25, -0.2) is 0 Å². The molecule has 0 saturated carbocycles. The van der Waals surface area contributed by atoms with E-state index in [0.29, 0.717) is 6.61 Å². The summed E-state index contributed by atoms with van der Waals surface area (Å²) in [5.74, 6) is -0.135. The molecule has 0 aromatic carbocycles. The Morgan fingerprint density at radius 3 is 3.17 bits per heavy atom. The number of esters is 1. The number of carbonyl (C=O) groups excluding carboxylic acids is 1. The Kier molecular flexibility index (Phi) is 3.58. The quantitative estimate of drug-likeness (QED) is 0.474. The van der Waals surface area contributed by atoms with Gasteiger partial charge in [-0.3, -0.25) is 4.79 Å². The molecule has 0 aromatic heterocycles. The van der Waals surface area contributed by atoms with Crippen molar-refractivity contribution in [2.24, 2.45) is 5.92 Å². The van der Waals surface area contributed by atoms with E-state index in [2.05, 4.69) is 6.58 Å². The SMILES string of the molecule is C=CCOC(=O)C1C=CCCC1. The normalized spacial score (nSPS) is 21.8. The van der Waals surface area contributed by atoms with Gasteiger partial charge in [-0.15, -0.1) is 0 Å². The van der Waals surface area contributed by atoms with Crippen LogP contribution in [-0.2, 0) is 9.53 Å². The molecular formula is C10H14O2. The van der Waals surface area contributed by atoms with Crippen LogP contribution in [0.5, 0.6) is 0 Å². The van der Waals surface area contributed by atoms with Gasteiger partial charge in [0, 0.05) is 0 Å². The number of hydrogen-bond acceptors (Lipinski definition) is 2. The summed E-state index contributed by atoms with van der Waals surface area (Å²) in [6, 6.07) is 0. The van der Waals surface area contributed by atoms with Crippen LogP contribution >= 0.6 is 0 Å². The van der Waals surface area contributed by atoms with Crippen LogP contribution in [-0.4, -0.2) is 12.6 Å². The van der Waals surface area contributed by atoms with Crippen LogP contribution in [0.4, 0.5) is 0 Å². The third-order valence-corrected chi connectivity index (χ3v) is 1.90. The zero-order chi connectivity index (χ0) is 8.81. The Bertz CT molecular complexity index is 194. The zero-order valence-electron chi connectivity index (χ0n) is 7.16. The summed E-state index contributed by atoms with van der Waals surface area (Å²) in [4.78, 5) is 11.2. The number of carbonyl (C=O) groups is 1. The first kappa shape index (κ1) is 9.04. The minimum Gasteiger partial charge on any atom is -0.461 e. The standard InChI is InChI=1S/C10H14O2/c1-2-8-12-10(11)9-6-4-3-5-7-9/h2,4,6,9H,1,3,5,7-8H2. The van der Waals surface area contributed by atoms with Crippen molar-refractivity contribution >= 4 is 5.97 Å². The summed E-state index contributed by atoms with van der Waals surface area (Å²) in [5, 5.41) is 0. The van der Waals surface area contributed by atoms with Crippen LogP contribution in [0.2, 0.25) is 0 Å². The summed E-state index contributed by atoms with van der Waals surface area (Å²) >= 11 is 0. The van der Waals surface area contributed by atoms with Crippen LogP contribution in [0.25, 0.3) is 0 Å². The molecule has 0 radical (unpaired) electrons. The number of rotatable bonds is 3. The lowest BCUT2D eigenvalue weighted by Crippen LogP contribution is -2.17. The number of allylic oxidation sites excluding steroid dienone is 1. The zero-order valence-corrected chi connectivity index (χ0v) is 7.16. The van der Waals surface area contributed by atoms with Crippen molar-refractivity contribution in [3.63, 3.8) is 0 Å². The first-order chi connectivity index (χ1) is 5.84. The van der Waals surface area contributed by atoms with Gasteiger partial charge in [-0.2, -0.15) is 0 Å². The van der Waals surface area contributed by atoms with Crippen LogP contribution in [0.1, 0.15) is 19.3 Å². The molecule has 12 heavy (non-hydrogen) atoms. The number of hydrogen-bond donors (Lipinski definition) is 0. The van der Waals surface area contributed by atoms with Gasteiger partial charge in [-0.05, 0) is 19.3 Å². The van der Waals surface area contributed by atoms with Gasteiger partial charge in [0.15, 0.2) is 0 Å². The molecule has 1 aliphatic carbocycles. The average Bonchev–Trinajstić information content (AvgIpc) is 2.15. The van der Waals surface area contributed by atoms with Crippen LogP contribution in [0.15, 0.2) is 24.8 Å². The average molecular weight is 166 g/mol. The summed E-state index contributed by atoms with van der Waals surface area (Å²) in [6.07, 6.45) is 8.67. The molecule has 66 valence electrons. The van der Waals surface area contributed by atoms with E-state index in [0.717, 1.165) is 19.3 Å². The first-order valence-electron chi connectivity index (χ1n) is 4.29. The van der Waals surface area contributed by atoms with Crippen molar-refractivity contribution in [2.75, 3.05) is 6.61 Å². The second-order valence-electron chi connectivity index (χ2n) is 2.88. The molecule has 0 bridgehead atoms. The topological polar surface area (TPSA) is 26.3 Å². The van der Waals surface area contributed by atoms with Gasteiger partial charge in [0.05, 0.1) is 5.92 Å². The lowest BCUT2D eigenvalue weighted by atomic mass is 9.96. The van der Waals surface area contributed by atoms with E-state index in [1.807, 2.05) is 12.2 Å². The molecule has 0 fully saturated rings. The fraction of sp³-hybridized carbons (Fsp3) is 0.500. The summed E-state index contributed by atoms with van der Waals surface area (Å²) < 4.78 is 4.92. The maximum Gasteiger partial charge on any atom is 0.313 e. The highest BCUT2D eigenvalue weighted by molar-refractivity contribution is 5.74. The van der Waals surface area contributed by atoms with Gasteiger partial charge >= 0.3 is 5.97 Å². The fourth-order valence-corrected chi connectivity index (χ4v) is 1.26. The first-order valence-corrected chi connectivity index (χ1v) is 4.29. The van der Waals surface area contributed by atoms with Crippen LogP contribution in [0.3, 0.4) is 0 Å². The molecule has 1 aliphatic rings. The highest BCUT2D eigenvalue weighted by Gasteiger charge is 2.17. The monoisotopic (exact) mass is 166 g/mol. The Hall–Kier alpha value is -1.05. The molecule has 0 spiro atoms. The Morgan fingerprint density at radius 2 is 2.58 bits per heavy atom. The Labute approximate surface area is 72.9 Å². The third kappa shape index (κ3) is 2.53. The maximum absolute atomic E-state index is 11.2. The van der Waals surface area contributed by atoms with E-state index >= 15 is 0 Å². The summed E-state index contributed by atoms with van der Waals surface area (Å²) in [6.45, 7) is 3.81. The van der Waals surface area contributed by atoms with Gasteiger partial charge in [0.2, 0.25) is 0 Å². The van der Waals surface area contributed by atoms with E-state index in [9.17, 15) is 4.79 Å². The van der Waals surface area contributed by atoms with Crippen molar-refractivity contribution < 1.29 is 9.53 Å². The molecule has 0 aliphatic heterocycles. The lowest BCUT2D eigenvalue weighted by Gasteiger charge is -2.14. The highest BCUT2D eigenvalue weighted by Crippen LogP contribution is 2.17. The van der Waals surface area contributed by atoms with E-state index < -0.39 is 0 Å². The molecule has 1 atom stereocenters. The largest absolute Gasteiger partial charge is 0.461 e. The second kappa shape index (κ2) is 4.75. The Morgan fingerprint density at radius 1 is 1.75 bits per heavy atom. The molecule has 0 N–H and O–H groups in total. The lowest BCUT2D eigenvalue weighted by molar-refractivity contribution is -0.145. The van der Waals surface area contributed by atoms with E-state index in [1.54, 1.807) is 6.08 Å². The van der Waals surface area contributed by atoms with Gasteiger partial charge in [0.1, 0.15) is 6.61 Å². The molecule has 0 aromatic rings. The van der Waals surface area contributed by atoms with E-state index in [4.69, 9.17) is 4.74 Å². The van der Waals surface area contributed by atoms with Crippen molar-refractivity contribution in [3.05, 3.63) is 24.8 Å². The van der Waals surface area contributed by atoms with Gasteiger partial charge < -0.3 is 4.74 Å². The molecular weight excluding hydrogens is 152 g/mol. The molecule has 0 amide bonds. The predicted octanol–water partition coefficient (Wildman–Crippen LogP) is 2.07. The molecule has 0 saturated heterocycles. The van der Waals surface area contributed by atoms with Gasteiger partial charge in [0.25, 0.3) is 0 Å². The summed E-state index contributed by atoms with van der Waals surface area (Å²) in [7, 11) is 0. The van der Waals surface area contributed by atoms with Crippen molar-refractivity contribution in [2.45, 2.75) is 19.3 Å². The Balaban J connectivity index is 2.35. The molecule has 2 nitrogen and oxygen atoms in total. The highest BCUT2D eigenvalue weighted by atomic mass is 16.5. The van der Waals surface area contributed by atoms with Crippen molar-refractivity contribution in [1.29, 1.82) is 0 Å². The molecule has 0 heterocycles. The molecule has 2 heteroatoms. The smallest absolute Gasteiger partial charge is 0.313 e. The van der Waals surface area contributed by atoms with Crippen molar-refractivity contribution in [1.82, 2.24) is 0 Å². The van der Waals surface area contributed by atoms with E-state index in [1.165, 1.54) is 0 Å². The molecule has 1 unspecified atom stereocenters. The van der Waals surface area contributed by atoms with Crippen LogP contribution < -0.4 is 0 Å². The fourth-order valence-electron chi connectivity index (χ4n) is 1.26. The second-order valence-corrected chi connectivity index (χ2v) is 2.88. The molecule has 1 rings (SSSR count). The maximum atomic E-state index is 11.2. The van der Waals surface area contributed by atoms with Gasteiger partial charge in [-0.1, -0.05) is 24.8 Å². The van der Waals surface area contributed by atoms with Crippen molar-refractivity contribution in [3.8, 4) is 0 Å². The van der Waals surface area contributed by atoms with E-state index in [-0.39, 0.29) is 11.9 Å². The number of ether oxygens (including phenoxy) is 1. The summed E-state index contributed by atoms with van der Waals surface area (Å²) in [5.41, 5.74) is 0. The van der Waals surface area contributed by atoms with Crippen LogP contribution in [0, 0.1) is 5.92 Å². The minimum absolute atomic E-state index is 0.0151. The predicted molar refractivity (Wildman–Crippen MR) is 47.6 cm³/mol.